The molecule has 0 unspecified atom stereocenters. The van der Waals surface area contributed by atoms with E-state index >= 15 is 0 Å². The van der Waals surface area contributed by atoms with Crippen molar-refractivity contribution in [1.82, 2.24) is 4.57 Å². The van der Waals surface area contributed by atoms with Gasteiger partial charge in [0, 0.05) is 40.0 Å². The second kappa shape index (κ2) is 11.9. The van der Waals surface area contributed by atoms with Gasteiger partial charge in [-0.2, -0.15) is 0 Å². The summed E-state index contributed by atoms with van der Waals surface area (Å²) < 4.78 is 12.2. The largest absolute Gasteiger partial charge is 0.494 e. The Morgan fingerprint density at radius 1 is 1.19 bits per heavy atom. The molecule has 1 saturated heterocycles. The van der Waals surface area contributed by atoms with E-state index in [1.54, 1.807) is 43.5 Å². The van der Waals surface area contributed by atoms with Crippen molar-refractivity contribution in [2.45, 2.75) is 33.1 Å². The first-order valence-electron chi connectivity index (χ1n) is 14.2. The topological polar surface area (TPSA) is 93.4 Å². The number of hydrogen-bond donors (Lipinski definition) is 1. The molecule has 0 radical (unpaired) electrons. The minimum atomic E-state index is -0.384. The van der Waals surface area contributed by atoms with E-state index in [0.29, 0.717) is 69.8 Å². The molecule has 1 atom stereocenters. The van der Waals surface area contributed by atoms with Gasteiger partial charge in [-0.1, -0.05) is 36.7 Å². The third-order valence-electron chi connectivity index (χ3n) is 7.92. The third-order valence-corrected chi connectivity index (χ3v) is 9.31. The van der Waals surface area contributed by atoms with Crippen molar-refractivity contribution < 1.29 is 19.4 Å². The molecule has 1 aliphatic heterocycles. The van der Waals surface area contributed by atoms with Crippen LogP contribution in [0.2, 0.25) is 5.02 Å². The van der Waals surface area contributed by atoms with Gasteiger partial charge in [-0.15, -0.1) is 11.3 Å². The predicted octanol–water partition coefficient (Wildman–Crippen LogP) is 6.30. The lowest BCUT2D eigenvalue weighted by Gasteiger charge is -2.31. The molecule has 1 N–H and O–H groups in total. The molecule has 4 aromatic rings. The third kappa shape index (κ3) is 5.21. The number of aromatic hydroxyl groups is 1. The Balaban J connectivity index is 1.54. The van der Waals surface area contributed by atoms with Crippen LogP contribution in [-0.2, 0) is 22.3 Å². The molecule has 2 aromatic heterocycles. The average molecular weight is 606 g/mol. The van der Waals surface area contributed by atoms with Crippen molar-refractivity contribution in [2.24, 2.45) is 10.9 Å². The summed E-state index contributed by atoms with van der Waals surface area (Å²) in [6.45, 7) is 6.68. The molecule has 8 nitrogen and oxygen atoms in total. The number of nitrogens with zero attached hydrogens (tertiary/aromatic N) is 3. The van der Waals surface area contributed by atoms with E-state index in [-0.39, 0.29) is 24.0 Å². The van der Waals surface area contributed by atoms with E-state index in [1.165, 1.54) is 15.9 Å². The quantitative estimate of drug-likeness (QED) is 0.205. The van der Waals surface area contributed by atoms with E-state index in [2.05, 4.69) is 11.8 Å². The molecular weight excluding hydrogens is 574 g/mol. The van der Waals surface area contributed by atoms with Crippen LogP contribution >= 0.6 is 22.9 Å². The smallest absolute Gasteiger partial charge is 0.341 e. The number of thiophene rings is 1. The van der Waals surface area contributed by atoms with Gasteiger partial charge in [-0.25, -0.2) is 14.4 Å². The first-order chi connectivity index (χ1) is 20.4. The number of morpholine rings is 1. The minimum absolute atomic E-state index is 0.258. The highest BCUT2D eigenvalue weighted by Crippen LogP contribution is 2.42. The lowest BCUT2D eigenvalue weighted by Crippen LogP contribution is -2.37. The van der Waals surface area contributed by atoms with Gasteiger partial charge in [-0.3, -0.25) is 4.79 Å². The zero-order valence-corrected chi connectivity index (χ0v) is 25.1. The molecule has 1 fully saturated rings. The molecule has 0 bridgehead atoms. The summed E-state index contributed by atoms with van der Waals surface area (Å²) >= 11 is 7.93. The number of aliphatic imine (C=N–C) groups is 1. The fourth-order valence-corrected chi connectivity index (χ4v) is 7.33. The zero-order valence-electron chi connectivity index (χ0n) is 23.6. The van der Waals surface area contributed by atoms with E-state index in [1.807, 2.05) is 12.1 Å². The van der Waals surface area contributed by atoms with E-state index < -0.39 is 0 Å². The van der Waals surface area contributed by atoms with E-state index in [0.717, 1.165) is 35.4 Å². The van der Waals surface area contributed by atoms with Gasteiger partial charge in [-0.05, 0) is 61.9 Å². The monoisotopic (exact) mass is 605 g/mol. The van der Waals surface area contributed by atoms with Gasteiger partial charge in [0.25, 0.3) is 5.56 Å². The second-order valence-corrected chi connectivity index (χ2v) is 12.2. The molecule has 1 aliphatic carbocycles. The van der Waals surface area contributed by atoms with Crippen LogP contribution in [0.5, 0.6) is 5.88 Å². The van der Waals surface area contributed by atoms with Crippen LogP contribution in [0, 0.1) is 5.92 Å². The molecule has 0 saturated carbocycles. The second-order valence-electron chi connectivity index (χ2n) is 10.7. The van der Waals surface area contributed by atoms with Crippen molar-refractivity contribution in [1.29, 1.82) is 0 Å². The number of aromatic nitrogens is 1. The van der Waals surface area contributed by atoms with Crippen molar-refractivity contribution in [3.8, 4) is 11.6 Å². The van der Waals surface area contributed by atoms with Gasteiger partial charge >= 0.3 is 5.97 Å². The summed E-state index contributed by atoms with van der Waals surface area (Å²) in [7, 11) is 0. The molecular formula is C32H32ClN3O5S. The highest BCUT2D eigenvalue weighted by molar-refractivity contribution is 7.16. The predicted molar refractivity (Wildman–Crippen MR) is 168 cm³/mol. The maximum atomic E-state index is 13.9. The maximum Gasteiger partial charge on any atom is 0.341 e. The number of anilines is 1. The molecule has 0 amide bonds. The van der Waals surface area contributed by atoms with Gasteiger partial charge in [0.15, 0.2) is 0 Å². The van der Waals surface area contributed by atoms with Crippen LogP contribution in [0.1, 0.15) is 46.6 Å². The summed E-state index contributed by atoms with van der Waals surface area (Å²) in [6, 6.07) is 12.5. The van der Waals surface area contributed by atoms with Gasteiger partial charge < -0.3 is 19.5 Å². The number of ether oxygens (including phenoxy) is 2. The molecule has 3 heterocycles. The Morgan fingerprint density at radius 3 is 2.71 bits per heavy atom. The fourth-order valence-electron chi connectivity index (χ4n) is 5.82. The van der Waals surface area contributed by atoms with Crippen molar-refractivity contribution in [3.63, 3.8) is 0 Å². The Hall–Kier alpha value is -3.66. The number of esters is 1. The minimum Gasteiger partial charge on any atom is -0.494 e. The number of rotatable bonds is 6. The highest BCUT2D eigenvalue weighted by atomic mass is 35.5. The maximum absolute atomic E-state index is 13.9. The van der Waals surface area contributed by atoms with Crippen LogP contribution in [0.4, 0.5) is 10.7 Å². The molecule has 42 heavy (non-hydrogen) atoms. The average Bonchev–Trinajstić information content (AvgIpc) is 3.35. The van der Waals surface area contributed by atoms with Gasteiger partial charge in [0.1, 0.15) is 5.00 Å². The number of fused-ring (bicyclic) bond motifs is 2. The van der Waals surface area contributed by atoms with Gasteiger partial charge in [0.2, 0.25) is 5.88 Å². The van der Waals surface area contributed by atoms with Crippen LogP contribution in [0.15, 0.2) is 52.3 Å². The van der Waals surface area contributed by atoms with Crippen molar-refractivity contribution in [2.75, 3.05) is 37.8 Å². The van der Waals surface area contributed by atoms with Crippen LogP contribution < -0.4 is 10.5 Å². The summed E-state index contributed by atoms with van der Waals surface area (Å²) in [5.41, 5.74) is 2.75. The van der Waals surface area contributed by atoms with Crippen LogP contribution in [0.25, 0.3) is 16.5 Å². The number of halogens is 1. The Morgan fingerprint density at radius 2 is 1.95 bits per heavy atom. The zero-order chi connectivity index (χ0) is 29.4. The van der Waals surface area contributed by atoms with Crippen molar-refractivity contribution in [3.05, 3.63) is 79.4 Å². The molecule has 218 valence electrons. The summed E-state index contributed by atoms with van der Waals surface area (Å²) in [6.07, 6.45) is 4.24. The number of carbonyl (C=O) groups is 1. The Bertz CT molecular complexity index is 1760. The SMILES string of the molecule is CCOC(=O)c1c(N=Cc2c(O)n(-c3cc(Cl)ccc3N3CCOCC3)c(=O)c3ccccc23)sc2c1CC[C@H](C)C2. The number of benzene rings is 2. The number of carbonyl (C=O) groups excluding carboxylic acids is 1. The summed E-state index contributed by atoms with van der Waals surface area (Å²) in [5, 5.41) is 13.7. The van der Waals surface area contributed by atoms with E-state index in [9.17, 15) is 14.7 Å². The first kappa shape index (κ1) is 28.5. The van der Waals surface area contributed by atoms with Crippen LogP contribution in [-0.4, -0.2) is 54.8 Å². The summed E-state index contributed by atoms with van der Waals surface area (Å²) in [4.78, 5) is 35.0. The van der Waals surface area contributed by atoms with Crippen molar-refractivity contribution >= 4 is 56.6 Å². The molecule has 2 aromatic carbocycles. The fraction of sp³-hybridized carbons (Fsp3) is 0.344. The molecule has 10 heteroatoms. The Kier molecular flexibility index (Phi) is 8.07. The van der Waals surface area contributed by atoms with Crippen LogP contribution in [0.3, 0.4) is 0 Å². The van der Waals surface area contributed by atoms with E-state index in [4.69, 9.17) is 26.1 Å². The lowest BCUT2D eigenvalue weighted by molar-refractivity contribution is 0.0526. The lowest BCUT2D eigenvalue weighted by atomic mass is 9.88. The molecule has 0 spiro atoms. The normalized spacial score (nSPS) is 17.1. The standard InChI is InChI=1S/C32H32ClN3O5S/c1-3-41-32(39)28-23-10-8-19(2)16-27(23)42-29(28)34-18-24-21-6-4-5-7-22(21)30(37)36(31(24)38)26-17-20(33)9-11-25(26)35-12-14-40-15-13-35/h4-7,9,11,17-19,38H,3,8,10,12-16H2,1-2H3/t19-/m0/s1. The first-order valence-corrected chi connectivity index (χ1v) is 15.4. The number of pyridine rings is 1. The number of hydrogen-bond acceptors (Lipinski definition) is 8. The summed E-state index contributed by atoms with van der Waals surface area (Å²) in [5.74, 6) is -0.116. The highest BCUT2D eigenvalue weighted by Gasteiger charge is 2.29. The molecule has 2 aliphatic rings. The Labute approximate surface area is 252 Å². The molecule has 6 rings (SSSR count). The van der Waals surface area contributed by atoms with Gasteiger partial charge in [0.05, 0.1) is 42.3 Å².